The van der Waals surface area contributed by atoms with Gasteiger partial charge in [-0.2, -0.15) is 0 Å². The van der Waals surface area contributed by atoms with E-state index in [4.69, 9.17) is 30.9 Å². The summed E-state index contributed by atoms with van der Waals surface area (Å²) >= 11 is 5.96. The number of aliphatic hydroxyl groups is 4. The van der Waals surface area contributed by atoms with Gasteiger partial charge >= 0.3 is 18.3 Å². The molecule has 26 nitrogen and oxygen atoms in total. The van der Waals surface area contributed by atoms with Crippen LogP contribution in [-0.4, -0.2) is 241 Å². The number of ether oxygens (including phenoxy) is 3. The number of likely N-dealkylation sites (tertiary alicyclic amines) is 3. The topological polar surface area (TPSA) is 306 Å². The fourth-order valence-electron chi connectivity index (χ4n) is 12.1. The molecule has 4 aromatic heterocycles. The monoisotopic (exact) mass is 1360 g/mol. The van der Waals surface area contributed by atoms with E-state index in [2.05, 4.69) is 65.2 Å². The quantitative estimate of drug-likeness (QED) is 0.0804. The van der Waals surface area contributed by atoms with Gasteiger partial charge in [0, 0.05) is 191 Å². The van der Waals surface area contributed by atoms with Gasteiger partial charge < -0.3 is 74.7 Å². The molecule has 528 valence electrons. The van der Waals surface area contributed by atoms with Crippen LogP contribution in [0.1, 0.15) is 160 Å². The summed E-state index contributed by atoms with van der Waals surface area (Å²) in [5.41, 5.74) is 2.40. The lowest BCUT2D eigenvalue weighted by atomic mass is 9.94. The van der Waals surface area contributed by atoms with Crippen LogP contribution in [0.4, 0.5) is 31.8 Å². The first-order valence-electron chi connectivity index (χ1n) is 33.8. The van der Waals surface area contributed by atoms with Crippen LogP contribution in [0.15, 0.2) is 49.6 Å². The summed E-state index contributed by atoms with van der Waals surface area (Å²) in [4.78, 5) is 83.3. The van der Waals surface area contributed by atoms with Crippen LogP contribution in [0.3, 0.4) is 0 Å². The van der Waals surface area contributed by atoms with E-state index in [1.165, 1.54) is 0 Å². The number of rotatable bonds is 11. The number of anilines is 3. The van der Waals surface area contributed by atoms with Crippen LogP contribution in [0.2, 0.25) is 5.15 Å². The maximum absolute atomic E-state index is 12.1. The number of nitrogens with zero attached hydrogens (tertiary/aromatic N) is 14. The van der Waals surface area contributed by atoms with Gasteiger partial charge in [-0.15, -0.1) is 12.4 Å². The maximum Gasteiger partial charge on any atom is 0.410 e. The first-order valence-corrected chi connectivity index (χ1v) is 34.2. The Morgan fingerprint density at radius 1 is 0.411 bits per heavy atom. The molecule has 12 rings (SSSR count). The number of hydrogen-bond donors (Lipinski definition) is 6. The number of aliphatic hydroxyl groups excluding tert-OH is 4. The van der Waals surface area contributed by atoms with Crippen molar-refractivity contribution in [1.82, 2.24) is 65.2 Å². The van der Waals surface area contributed by atoms with Crippen molar-refractivity contribution < 1.29 is 49.0 Å². The third-order valence-electron chi connectivity index (χ3n) is 18.0. The van der Waals surface area contributed by atoms with Gasteiger partial charge in [-0.25, -0.2) is 34.3 Å². The highest BCUT2D eigenvalue weighted by Gasteiger charge is 2.41. The van der Waals surface area contributed by atoms with Crippen LogP contribution in [-0.2, 0) is 14.2 Å². The number of carbonyl (C=O) groups excluding carboxylic acids is 3. The maximum atomic E-state index is 12.1. The Morgan fingerprint density at radius 3 is 0.937 bits per heavy atom. The summed E-state index contributed by atoms with van der Waals surface area (Å²) in [6.45, 7) is 31.3. The number of hydrogen-bond acceptors (Lipinski definition) is 23. The third-order valence-corrected chi connectivity index (χ3v) is 18.3. The van der Waals surface area contributed by atoms with E-state index in [1.807, 2.05) is 62.3 Å². The van der Waals surface area contributed by atoms with E-state index in [-0.39, 0.29) is 61.7 Å². The molecule has 8 fully saturated rings. The van der Waals surface area contributed by atoms with Crippen molar-refractivity contribution >= 4 is 59.7 Å². The SMILES string of the molecule is CC(C)(C)OC(=O)N1CC(c2nccnc2Cl)C1.CC(C)(C)OC(=O)N1CC(c2nccnc2N2CCC(CO)CC2)C1.CC(C)(C)OC(=O)N1CC(c2nccnc2N2CCC(CO)CC2)C1.Cl.OCC1CCN(c2nccnc2C2CNC2)CC1.OCC1CCNCC1. The number of aromatic nitrogens is 8. The van der Waals surface area contributed by atoms with Crippen LogP contribution in [0, 0.1) is 23.7 Å². The van der Waals surface area contributed by atoms with E-state index >= 15 is 0 Å². The van der Waals surface area contributed by atoms with Crippen molar-refractivity contribution in [2.45, 2.75) is 154 Å². The molecule has 8 aliphatic heterocycles. The van der Waals surface area contributed by atoms with E-state index in [0.29, 0.717) is 87.2 Å². The zero-order chi connectivity index (χ0) is 67.6. The summed E-state index contributed by atoms with van der Waals surface area (Å²) in [5.74, 6) is 5.80. The molecule has 0 saturated carbocycles. The van der Waals surface area contributed by atoms with Gasteiger partial charge in [0.1, 0.15) is 16.8 Å². The van der Waals surface area contributed by atoms with Gasteiger partial charge in [0.05, 0.1) is 22.8 Å². The second kappa shape index (κ2) is 35.9. The molecule has 95 heavy (non-hydrogen) atoms. The van der Waals surface area contributed by atoms with Gasteiger partial charge in [0.2, 0.25) is 0 Å². The first-order chi connectivity index (χ1) is 44.9. The summed E-state index contributed by atoms with van der Waals surface area (Å²) in [6.07, 6.45) is 21.1. The zero-order valence-electron chi connectivity index (χ0n) is 57.3. The van der Waals surface area contributed by atoms with Crippen molar-refractivity contribution in [1.29, 1.82) is 0 Å². The molecule has 0 unspecified atom stereocenters. The van der Waals surface area contributed by atoms with Crippen molar-refractivity contribution in [3.05, 3.63) is 77.5 Å². The van der Waals surface area contributed by atoms with E-state index in [1.54, 1.807) is 64.3 Å². The molecule has 3 amide bonds. The highest BCUT2D eigenvalue weighted by atomic mass is 35.5. The fraction of sp³-hybridized carbons (Fsp3) is 0.716. The van der Waals surface area contributed by atoms with Crippen molar-refractivity contribution in [2.24, 2.45) is 23.7 Å². The second-order valence-electron chi connectivity index (χ2n) is 28.8. The predicted molar refractivity (Wildman–Crippen MR) is 366 cm³/mol. The zero-order valence-corrected chi connectivity index (χ0v) is 58.9. The van der Waals surface area contributed by atoms with Crippen molar-refractivity contribution in [3.8, 4) is 0 Å². The molecule has 0 bridgehead atoms. The molecule has 4 aromatic rings. The van der Waals surface area contributed by atoms with Crippen molar-refractivity contribution in [3.63, 3.8) is 0 Å². The molecule has 28 heteroatoms. The average Bonchev–Trinajstić information content (AvgIpc) is 0.895. The summed E-state index contributed by atoms with van der Waals surface area (Å²) in [6, 6.07) is 0. The van der Waals surface area contributed by atoms with Crippen LogP contribution in [0.5, 0.6) is 0 Å². The van der Waals surface area contributed by atoms with Crippen molar-refractivity contribution in [2.75, 3.05) is 146 Å². The Kier molecular flexibility index (Phi) is 28.8. The van der Waals surface area contributed by atoms with E-state index in [0.717, 1.165) is 157 Å². The number of piperidine rings is 4. The summed E-state index contributed by atoms with van der Waals surface area (Å²) < 4.78 is 16.1. The summed E-state index contributed by atoms with van der Waals surface area (Å²) in [5, 5.41) is 43.4. The molecule has 12 heterocycles. The molecule has 6 N–H and O–H groups in total. The fourth-order valence-corrected chi connectivity index (χ4v) is 12.4. The van der Waals surface area contributed by atoms with Gasteiger partial charge in [0.25, 0.3) is 0 Å². The first kappa shape index (κ1) is 76.2. The lowest BCUT2D eigenvalue weighted by Gasteiger charge is -2.41. The highest BCUT2D eigenvalue weighted by molar-refractivity contribution is 6.30. The number of halogens is 2. The predicted octanol–water partition coefficient (Wildman–Crippen LogP) is 7.28. The van der Waals surface area contributed by atoms with Crippen LogP contribution < -0.4 is 25.3 Å². The largest absolute Gasteiger partial charge is 0.444 e. The Hall–Kier alpha value is -6.13. The second-order valence-corrected chi connectivity index (χ2v) is 29.2. The Bertz CT molecular complexity index is 2880. The Morgan fingerprint density at radius 2 is 0.674 bits per heavy atom. The molecular formula is C67H106Cl2N16O10. The van der Waals surface area contributed by atoms with Gasteiger partial charge in [0.15, 0.2) is 22.6 Å². The molecule has 8 saturated heterocycles. The Balaban J connectivity index is 0.000000173. The smallest absolute Gasteiger partial charge is 0.410 e. The van der Waals surface area contributed by atoms with Crippen LogP contribution >= 0.6 is 24.0 Å². The van der Waals surface area contributed by atoms with E-state index < -0.39 is 16.8 Å². The molecule has 0 spiro atoms. The molecule has 0 atom stereocenters. The minimum Gasteiger partial charge on any atom is -0.444 e. The number of carbonyl (C=O) groups is 3. The molecule has 0 aromatic carbocycles. The minimum atomic E-state index is -0.475. The summed E-state index contributed by atoms with van der Waals surface area (Å²) in [7, 11) is 0. The lowest BCUT2D eigenvalue weighted by molar-refractivity contribution is 0.00693. The molecule has 8 aliphatic rings. The van der Waals surface area contributed by atoms with Gasteiger partial charge in [-0.05, 0) is 150 Å². The average molecular weight is 1370 g/mol. The molecule has 0 aliphatic carbocycles. The number of amides is 3. The van der Waals surface area contributed by atoms with E-state index in [9.17, 15) is 29.7 Å². The number of nitrogens with one attached hydrogen (secondary N) is 2. The Labute approximate surface area is 572 Å². The third kappa shape index (κ3) is 22.7. The highest BCUT2D eigenvalue weighted by Crippen LogP contribution is 2.37. The normalized spacial score (nSPS) is 19.6. The molecule has 0 radical (unpaired) electrons. The van der Waals surface area contributed by atoms with Gasteiger partial charge in [-0.3, -0.25) is 19.9 Å². The lowest BCUT2D eigenvalue weighted by Crippen LogP contribution is -2.51. The van der Waals surface area contributed by atoms with Gasteiger partial charge in [-0.1, -0.05) is 11.6 Å². The van der Waals surface area contributed by atoms with Crippen LogP contribution in [0.25, 0.3) is 0 Å². The molecular weight excluding hydrogens is 1260 g/mol. The standard InChI is InChI=1S/2C18H28N4O3.C13H20N4O.C12H16ClN3O2.C6H13NO.ClH/c2*1-18(2,3)25-17(24)22-10-14(11-22)15-16(20-7-6-19-15)21-8-4-13(12-23)5-9-21;18-9-10-1-5-17(6-2-10)13-12(11-7-14-8-11)15-3-4-16-13;1-12(2,3)18-11(17)16-6-8(7-16)9-10(13)15-5-4-14-9;8-5-6-1-3-7-4-2-6;/h2*6-7,13-14,23H,4-5,8-12H2,1-3H3;3-4,10-11,14,18H,1-2,5-9H2;4-5,8H,6-7H2,1-3H3;6-8H,1-5H2;1H. The minimum absolute atomic E-state index is 0.